The van der Waals surface area contributed by atoms with Crippen LogP contribution >= 0.6 is 0 Å². The molecule has 29 heteroatoms. The number of hydrogen-bond acceptors (Lipinski definition) is 16. The fourth-order valence-electron chi connectivity index (χ4n) is 5.27. The van der Waals surface area contributed by atoms with Crippen molar-refractivity contribution in [3.8, 4) is 23.4 Å². The molecular weight excluding hydrogens is 1070 g/mol. The summed E-state index contributed by atoms with van der Waals surface area (Å²) in [6.45, 7) is 14.3. The van der Waals surface area contributed by atoms with E-state index in [0.717, 1.165) is 40.3 Å². The zero-order chi connectivity index (χ0) is 56.4. The number of carboxylic acid groups (broad SMARTS) is 2. The molecule has 418 valence electrons. The second-order valence-electron chi connectivity index (χ2n) is 15.3. The van der Waals surface area contributed by atoms with E-state index in [-0.39, 0.29) is 86.1 Å². The number of anilines is 2. The molecule has 10 N–H and O–H groups in total. The Morgan fingerprint density at radius 1 is 0.769 bits per heavy atom. The molecule has 0 aliphatic heterocycles. The van der Waals surface area contributed by atoms with Gasteiger partial charge in [0.15, 0.2) is 23.7 Å². The van der Waals surface area contributed by atoms with Crippen molar-refractivity contribution >= 4 is 69.6 Å². The maximum atomic E-state index is 10.9. The Labute approximate surface area is 480 Å². The first-order valence-electron chi connectivity index (χ1n) is 21.5. The van der Waals surface area contributed by atoms with E-state index in [1.807, 2.05) is 74.8 Å². The summed E-state index contributed by atoms with van der Waals surface area (Å²) in [7, 11) is 7.05. The number of aromatic carboxylic acids is 2. The number of hydrogen-bond donors (Lipinski definition) is 8. The number of aryl methyl sites for hydroxylation is 8. The number of carboxylic acids is 2. The molecule has 0 bridgehead atoms. The van der Waals surface area contributed by atoms with Gasteiger partial charge in [0.25, 0.3) is 5.56 Å². The predicted octanol–water partition coefficient (Wildman–Crippen LogP) is 2.68. The number of carbonyl (C=O) groups is 5. The van der Waals surface area contributed by atoms with Gasteiger partial charge in [-0.2, -0.15) is 20.4 Å². The molecule has 8 rings (SSSR count). The van der Waals surface area contributed by atoms with Crippen LogP contribution < -0.4 is 35.9 Å². The predicted molar refractivity (Wildman–Crippen MR) is 287 cm³/mol. The molecule has 0 amide bonds. The van der Waals surface area contributed by atoms with Gasteiger partial charge in [-0.15, -0.1) is 11.8 Å². The fraction of sp³-hybridized carbons (Fsp3) is 0.286. The number of rotatable bonds is 7. The van der Waals surface area contributed by atoms with Crippen molar-refractivity contribution in [2.75, 3.05) is 11.5 Å². The third kappa shape index (κ3) is 26.2. The van der Waals surface area contributed by atoms with Crippen LogP contribution in [-0.4, -0.2) is 122 Å². The van der Waals surface area contributed by atoms with Crippen molar-refractivity contribution in [2.24, 2.45) is 28.2 Å². The van der Waals surface area contributed by atoms with E-state index in [2.05, 4.69) is 52.4 Å². The summed E-state index contributed by atoms with van der Waals surface area (Å²) in [6, 6.07) is 17.5. The van der Waals surface area contributed by atoms with Crippen molar-refractivity contribution in [3.63, 3.8) is 0 Å². The van der Waals surface area contributed by atoms with Gasteiger partial charge in [-0.3, -0.25) is 52.8 Å². The Hall–Kier alpha value is -7.99. The summed E-state index contributed by atoms with van der Waals surface area (Å²) < 4.78 is 23.2. The number of nitrogens with one attached hydrogen (secondary N) is 3. The summed E-state index contributed by atoms with van der Waals surface area (Å²) in [6.07, 6.45) is 0.743. The van der Waals surface area contributed by atoms with E-state index in [1.54, 1.807) is 45.4 Å². The van der Waals surface area contributed by atoms with Gasteiger partial charge >= 0.3 is 53.3 Å². The Bertz CT molecular complexity index is 3290. The van der Waals surface area contributed by atoms with E-state index >= 15 is 0 Å². The number of Topliss-reactive ketones (excluding diaryl/α,β-unsaturated/α-hetero) is 2. The molecule has 6 aromatic heterocycles. The number of nitrogen functional groups attached to an aromatic ring is 2. The number of aldehydes is 1. The van der Waals surface area contributed by atoms with Gasteiger partial charge in [0.05, 0.1) is 45.8 Å². The third-order valence-electron chi connectivity index (χ3n) is 9.58. The molecule has 8 aromatic rings. The average molecular weight is 1140 g/mol. The van der Waals surface area contributed by atoms with Gasteiger partial charge in [0.1, 0.15) is 22.8 Å². The van der Waals surface area contributed by atoms with Crippen molar-refractivity contribution < 1.29 is 88.2 Å². The fourth-order valence-corrected chi connectivity index (χ4v) is 5.27. The van der Waals surface area contributed by atoms with Gasteiger partial charge in [-0.1, -0.05) is 7.43 Å². The summed E-state index contributed by atoms with van der Waals surface area (Å²) in [4.78, 5) is 70.9. The van der Waals surface area contributed by atoms with Crippen LogP contribution in [0.4, 0.5) is 16.1 Å². The minimum absolute atomic E-state index is 0. The number of aromatic amines is 3. The van der Waals surface area contributed by atoms with Crippen molar-refractivity contribution in [1.29, 1.82) is 0 Å². The normalized spacial score (nSPS) is 8.99. The van der Waals surface area contributed by atoms with Crippen LogP contribution in [0.1, 0.15) is 119 Å². The molecule has 0 aliphatic carbocycles. The summed E-state index contributed by atoms with van der Waals surface area (Å²) in [5, 5.41) is 47.4. The Balaban J connectivity index is -0.000000201. The number of H-pyrrole nitrogens is 3. The number of ketones is 2. The molecule has 0 aliphatic rings. The molecule has 2 aromatic carbocycles. The molecule has 25 nitrogen and oxygen atoms in total. The summed E-state index contributed by atoms with van der Waals surface area (Å²) >= 11 is -1.44. The Morgan fingerprint density at radius 3 is 1.60 bits per heavy atom. The molecular formula is C49H68AlFLiMnN14O11. The van der Waals surface area contributed by atoms with E-state index in [9.17, 15) is 28.8 Å². The van der Waals surface area contributed by atoms with Crippen LogP contribution in [0.5, 0.6) is 0 Å². The maximum absolute atomic E-state index is 10.9. The SMILES string of the molecule is C.CC#CC.CC(=O)c1cc(=O)n(C)[nH]1.CC(=O)c1cc(C)n(C)n1.Cc1cc(-c2nc3ccc(C(=O)O)cc3[nH]2)n[nH]1.Cc1cc(C=O)nn1C.Cc1cc(CO)nn1C.F.Nc1ccc(C(=O)O)cc1N.[3HH].[Al].[H-].[Li+].[O]=[Mn]=[O]. The quantitative estimate of drug-likeness (QED) is 0.0374. The monoisotopic (exact) mass is 1140 g/mol. The van der Waals surface area contributed by atoms with Gasteiger partial charge in [-0.05, 0) is 102 Å². The van der Waals surface area contributed by atoms with Crippen LogP contribution in [0, 0.1) is 39.5 Å². The van der Waals surface area contributed by atoms with Crippen LogP contribution in [0.3, 0.4) is 0 Å². The molecule has 0 unspecified atom stereocenters. The Morgan fingerprint density at radius 2 is 1.28 bits per heavy atom. The number of nitrogens with two attached hydrogens (primary N) is 2. The average Bonchev–Trinajstić information content (AvgIpc) is 4.23. The zero-order valence-corrected chi connectivity index (χ0v) is 47.1. The molecule has 0 fully saturated rings. The van der Waals surface area contributed by atoms with E-state index in [4.69, 9.17) is 34.5 Å². The number of nitrogens with zero attached hydrogens (tertiary/aromatic N) is 9. The van der Waals surface area contributed by atoms with Crippen LogP contribution in [0.2, 0.25) is 0 Å². The number of benzene rings is 2. The molecule has 0 saturated carbocycles. The van der Waals surface area contributed by atoms with E-state index in [0.29, 0.717) is 45.5 Å². The number of imidazole rings is 1. The van der Waals surface area contributed by atoms with Crippen LogP contribution in [0.15, 0.2) is 71.5 Å². The Kier molecular flexibility index (Phi) is 37.8. The first-order valence-corrected chi connectivity index (χ1v) is 22.4. The van der Waals surface area contributed by atoms with Crippen LogP contribution in [-0.2, 0) is 57.3 Å². The number of fused-ring (bicyclic) bond motifs is 1. The number of aromatic nitrogens is 12. The number of halogens is 1. The molecule has 0 spiro atoms. The molecule has 78 heavy (non-hydrogen) atoms. The van der Waals surface area contributed by atoms with Gasteiger partial charge < -0.3 is 33.2 Å². The van der Waals surface area contributed by atoms with Crippen molar-refractivity contribution in [2.45, 2.75) is 69.4 Å². The molecule has 0 atom stereocenters. The van der Waals surface area contributed by atoms with Crippen LogP contribution in [0.25, 0.3) is 22.6 Å². The molecule has 0 saturated heterocycles. The van der Waals surface area contributed by atoms with E-state index < -0.39 is 26.8 Å². The topological polar surface area (TPSA) is 381 Å². The zero-order valence-electron chi connectivity index (χ0n) is 45.8. The molecule has 6 heterocycles. The first kappa shape index (κ1) is 76.5. The number of aliphatic hydroxyl groups is 1. The van der Waals surface area contributed by atoms with Crippen molar-refractivity contribution in [3.05, 3.63) is 134 Å². The molecule has 3 radical (unpaired) electrons. The van der Waals surface area contributed by atoms with E-state index in [1.165, 1.54) is 48.9 Å². The number of aliphatic hydroxyl groups excluding tert-OH is 1. The second-order valence-corrected chi connectivity index (χ2v) is 15.5. The second kappa shape index (κ2) is 38.5. The minimum atomic E-state index is -1.44. The number of carbonyl (C=O) groups excluding carboxylic acids is 3. The van der Waals surface area contributed by atoms with Crippen molar-refractivity contribution in [1.82, 2.24) is 59.3 Å². The third-order valence-corrected chi connectivity index (χ3v) is 9.58. The first-order chi connectivity index (χ1) is 34.8. The van der Waals surface area contributed by atoms with Gasteiger partial charge in [0.2, 0.25) is 0 Å². The summed E-state index contributed by atoms with van der Waals surface area (Å²) in [5.74, 6) is 3.92. The van der Waals surface area contributed by atoms with Gasteiger partial charge in [-0.25, -0.2) is 14.6 Å². The summed E-state index contributed by atoms with van der Waals surface area (Å²) in [5.41, 5.74) is 19.9. The standard InChI is InChI=1S/C12H10N4O2.C7H8N2O2.C7H10N2O.C6H8N2O2.C6H10N2O.C6H8N2O.C4H6.CH4.Al.FH.Li.Mn.2O.H2.H/c1-6-4-10(16-15-6)11-13-8-3-2-7(12(17)18)5-9(8)14-11;8-5-2-1-4(7(10)11)3-6(5)9;1-5-4-7(6(2)10)8-9(5)3;1-4(9)5-3-6(10)8(2)7-5;2*1-5-3-6(4-9)7-8(5)2;1-3-4-2;;;;;;;;;/h2-5H,1H3,(H,13,14)(H,15,16)(H,17,18);1-3H,8-9H2,(H,10,11);4H,1-3H3;3,7H,1-2H3;3,9H,4H2,1-2H3;3-4H,1-2H3;1-2H3;1H4;;1H;;;;;1H;/q;;;;;;;;;;+1;;;;;-1/i;;;;;;;;;;;;;;1+2;. The van der Waals surface area contributed by atoms with Gasteiger partial charge in [0, 0.05) is 89.7 Å².